The van der Waals surface area contributed by atoms with Crippen molar-refractivity contribution in [2.75, 3.05) is 11.2 Å². The van der Waals surface area contributed by atoms with Crippen LogP contribution in [0.5, 0.6) is 0 Å². The summed E-state index contributed by atoms with van der Waals surface area (Å²) in [6.07, 6.45) is 3.08. The second-order valence-corrected chi connectivity index (χ2v) is 6.35. The van der Waals surface area contributed by atoms with Crippen LogP contribution in [0.4, 0.5) is 5.82 Å². The van der Waals surface area contributed by atoms with Crippen LogP contribution < -0.4 is 11.1 Å². The van der Waals surface area contributed by atoms with E-state index in [9.17, 15) is 0 Å². The van der Waals surface area contributed by atoms with Crippen molar-refractivity contribution in [2.45, 2.75) is 9.83 Å². The minimum atomic E-state index is -1.68. The van der Waals surface area contributed by atoms with Crippen molar-refractivity contribution in [1.82, 2.24) is 4.98 Å². The molecule has 0 radical (unpaired) electrons. The van der Waals surface area contributed by atoms with Gasteiger partial charge in [0.1, 0.15) is 5.82 Å². The SMILES string of the molecule is NC(/C=C(\Nc1ncccc1Cl)C(Cl)(Cl)Cl)CCl. The molecule has 8 heteroatoms. The molecule has 3 nitrogen and oxygen atoms in total. The Morgan fingerprint density at radius 3 is 2.67 bits per heavy atom. The van der Waals surface area contributed by atoms with Crippen LogP contribution in [0.25, 0.3) is 0 Å². The Labute approximate surface area is 130 Å². The van der Waals surface area contributed by atoms with E-state index in [2.05, 4.69) is 10.3 Å². The zero-order valence-corrected chi connectivity index (χ0v) is 12.8. The molecule has 1 rings (SSSR count). The predicted molar refractivity (Wildman–Crippen MR) is 79.9 cm³/mol. The maximum atomic E-state index is 5.95. The average Bonchev–Trinajstić information content (AvgIpc) is 2.29. The molecule has 0 spiro atoms. The van der Waals surface area contributed by atoms with Crippen molar-refractivity contribution in [2.24, 2.45) is 5.73 Å². The molecule has 1 aromatic rings. The Morgan fingerprint density at radius 2 is 2.17 bits per heavy atom. The van der Waals surface area contributed by atoms with Crippen LogP contribution in [0, 0.1) is 0 Å². The molecular formula is C10H10Cl5N3. The molecular weight excluding hydrogens is 339 g/mol. The van der Waals surface area contributed by atoms with Gasteiger partial charge in [-0.1, -0.05) is 46.4 Å². The first-order chi connectivity index (χ1) is 8.34. The van der Waals surface area contributed by atoms with Crippen molar-refractivity contribution in [3.63, 3.8) is 0 Å². The zero-order chi connectivity index (χ0) is 13.8. The number of halogens is 5. The molecule has 0 saturated carbocycles. The molecule has 0 aliphatic heterocycles. The summed E-state index contributed by atoms with van der Waals surface area (Å²) in [6, 6.07) is 2.90. The smallest absolute Gasteiger partial charge is 0.230 e. The van der Waals surface area contributed by atoms with E-state index in [1.807, 2.05) is 0 Å². The highest BCUT2D eigenvalue weighted by atomic mass is 35.6. The second-order valence-electron chi connectivity index (χ2n) is 3.36. The zero-order valence-electron chi connectivity index (χ0n) is 9.01. The fraction of sp³-hybridized carbons (Fsp3) is 0.300. The van der Waals surface area contributed by atoms with E-state index in [0.29, 0.717) is 10.8 Å². The van der Waals surface area contributed by atoms with E-state index in [1.165, 1.54) is 6.08 Å². The molecule has 0 saturated heterocycles. The number of aromatic nitrogens is 1. The lowest BCUT2D eigenvalue weighted by atomic mass is 10.3. The van der Waals surface area contributed by atoms with E-state index in [0.717, 1.165) is 0 Å². The third-order valence-electron chi connectivity index (χ3n) is 1.88. The van der Waals surface area contributed by atoms with Crippen LogP contribution in [0.2, 0.25) is 5.02 Å². The van der Waals surface area contributed by atoms with Gasteiger partial charge in [-0.25, -0.2) is 4.98 Å². The summed E-state index contributed by atoms with van der Waals surface area (Å²) in [5.74, 6) is 0.570. The Kier molecular flexibility index (Phi) is 6.31. The molecule has 0 amide bonds. The fourth-order valence-electron chi connectivity index (χ4n) is 1.07. The number of allylic oxidation sites excluding steroid dienone is 1. The summed E-state index contributed by atoms with van der Waals surface area (Å²) in [5.41, 5.74) is 5.94. The van der Waals surface area contributed by atoms with Crippen LogP contribution >= 0.6 is 58.0 Å². The van der Waals surface area contributed by atoms with Crippen molar-refractivity contribution >= 4 is 63.8 Å². The second kappa shape index (κ2) is 7.04. The first kappa shape index (κ1) is 16.2. The molecule has 1 atom stereocenters. The number of pyridine rings is 1. The van der Waals surface area contributed by atoms with Gasteiger partial charge < -0.3 is 11.1 Å². The van der Waals surface area contributed by atoms with Crippen molar-refractivity contribution < 1.29 is 0 Å². The number of hydrogen-bond acceptors (Lipinski definition) is 3. The van der Waals surface area contributed by atoms with Crippen molar-refractivity contribution in [3.8, 4) is 0 Å². The summed E-state index contributed by atoms with van der Waals surface area (Å²) in [6.45, 7) is 0. The van der Waals surface area contributed by atoms with E-state index in [4.69, 9.17) is 63.7 Å². The van der Waals surface area contributed by atoms with Gasteiger partial charge in [0.15, 0.2) is 0 Å². The highest BCUT2D eigenvalue weighted by Gasteiger charge is 2.27. The molecule has 0 aromatic carbocycles. The lowest BCUT2D eigenvalue weighted by Gasteiger charge is -2.19. The van der Waals surface area contributed by atoms with Crippen LogP contribution in [-0.4, -0.2) is 20.7 Å². The Balaban J connectivity index is 3.00. The summed E-state index contributed by atoms with van der Waals surface area (Å²) in [4.78, 5) is 4.03. The summed E-state index contributed by atoms with van der Waals surface area (Å²) < 4.78 is -1.68. The van der Waals surface area contributed by atoms with Gasteiger partial charge in [-0.15, -0.1) is 11.6 Å². The molecule has 1 unspecified atom stereocenters. The largest absolute Gasteiger partial charge is 0.339 e. The van der Waals surface area contributed by atoms with E-state index < -0.39 is 9.83 Å². The minimum absolute atomic E-state index is 0.196. The molecule has 0 bridgehead atoms. The van der Waals surface area contributed by atoms with E-state index >= 15 is 0 Å². The van der Waals surface area contributed by atoms with Gasteiger partial charge in [-0.05, 0) is 18.2 Å². The summed E-state index contributed by atoms with van der Waals surface area (Å²) >= 11 is 29.1. The molecule has 0 aliphatic carbocycles. The highest BCUT2D eigenvalue weighted by molar-refractivity contribution is 6.69. The lowest BCUT2D eigenvalue weighted by Crippen LogP contribution is -2.25. The normalized spacial score (nSPS) is 14.4. The van der Waals surface area contributed by atoms with Crippen molar-refractivity contribution in [3.05, 3.63) is 35.1 Å². The number of hydrogen-bond donors (Lipinski definition) is 2. The van der Waals surface area contributed by atoms with Gasteiger partial charge in [0.25, 0.3) is 0 Å². The Bertz CT molecular complexity index is 430. The van der Waals surface area contributed by atoms with Gasteiger partial charge in [0.2, 0.25) is 3.79 Å². The monoisotopic (exact) mass is 347 g/mol. The third-order valence-corrected chi connectivity index (χ3v) is 3.15. The van der Waals surface area contributed by atoms with E-state index in [-0.39, 0.29) is 11.6 Å². The topological polar surface area (TPSA) is 50.9 Å². The van der Waals surface area contributed by atoms with Crippen LogP contribution in [0.15, 0.2) is 30.1 Å². The van der Waals surface area contributed by atoms with Crippen LogP contribution in [0.3, 0.4) is 0 Å². The molecule has 0 aliphatic rings. The van der Waals surface area contributed by atoms with Crippen molar-refractivity contribution in [1.29, 1.82) is 0 Å². The molecule has 0 fully saturated rings. The molecule has 100 valence electrons. The number of alkyl halides is 4. The van der Waals surface area contributed by atoms with Gasteiger partial charge in [-0.2, -0.15) is 0 Å². The van der Waals surface area contributed by atoms with Gasteiger partial charge >= 0.3 is 0 Å². The summed E-state index contributed by atoms with van der Waals surface area (Å²) in [7, 11) is 0. The van der Waals surface area contributed by atoms with Gasteiger partial charge in [-0.3, -0.25) is 0 Å². The Morgan fingerprint density at radius 1 is 1.50 bits per heavy atom. The lowest BCUT2D eigenvalue weighted by molar-refractivity contribution is 0.916. The van der Waals surface area contributed by atoms with Crippen LogP contribution in [0.1, 0.15) is 0 Å². The fourth-order valence-corrected chi connectivity index (χ4v) is 1.66. The summed E-state index contributed by atoms with van der Waals surface area (Å²) in [5, 5.41) is 3.24. The quantitative estimate of drug-likeness (QED) is 0.809. The molecule has 18 heavy (non-hydrogen) atoms. The van der Waals surface area contributed by atoms with E-state index in [1.54, 1.807) is 18.3 Å². The highest BCUT2D eigenvalue weighted by Crippen LogP contribution is 2.36. The number of nitrogens with zero attached hydrogens (tertiary/aromatic N) is 1. The molecule has 3 N–H and O–H groups in total. The first-order valence-corrected chi connectivity index (χ1v) is 6.87. The Hall–Kier alpha value is 0.1000. The maximum absolute atomic E-state index is 5.95. The van der Waals surface area contributed by atoms with Gasteiger partial charge in [0, 0.05) is 18.1 Å². The molecule has 1 aromatic heterocycles. The number of rotatable bonds is 4. The average molecular weight is 349 g/mol. The number of nitrogens with two attached hydrogens (primary N) is 1. The number of nitrogens with one attached hydrogen (secondary N) is 1. The van der Waals surface area contributed by atoms with Gasteiger partial charge in [0.05, 0.1) is 10.7 Å². The molecule has 1 heterocycles. The predicted octanol–water partition coefficient (Wildman–Crippen LogP) is 3.97. The third kappa shape index (κ3) is 5.00. The minimum Gasteiger partial charge on any atom is -0.339 e. The standard InChI is InChI=1S/C10H10Cl5N3/c11-5-6(16)4-8(10(13,14)15)18-9-7(12)2-1-3-17-9/h1-4,6H,5,16H2,(H,17,18)/b8-4-. The number of anilines is 1. The first-order valence-electron chi connectivity index (χ1n) is 4.82. The van der Waals surface area contributed by atoms with Crippen LogP contribution in [-0.2, 0) is 0 Å². The maximum Gasteiger partial charge on any atom is 0.230 e.